The summed E-state index contributed by atoms with van der Waals surface area (Å²) in [5.74, 6) is -0.330. The molecule has 1 atom stereocenters. The van der Waals surface area contributed by atoms with Crippen LogP contribution in [-0.4, -0.2) is 34.1 Å². The zero-order valence-corrected chi connectivity index (χ0v) is 13.1. The largest absolute Gasteiger partial charge is 0.295 e. The second kappa shape index (κ2) is 5.94. The maximum Gasteiger partial charge on any atom is 0.278 e. The Balaban J connectivity index is 2.01. The topological polar surface area (TPSA) is 94.0 Å². The highest BCUT2D eigenvalue weighted by atomic mass is 16.2. The van der Waals surface area contributed by atoms with Gasteiger partial charge in [0.25, 0.3) is 11.5 Å². The van der Waals surface area contributed by atoms with Gasteiger partial charge in [-0.1, -0.05) is 36.4 Å². The van der Waals surface area contributed by atoms with Gasteiger partial charge in [0, 0.05) is 6.42 Å². The van der Waals surface area contributed by atoms with Gasteiger partial charge < -0.3 is 0 Å². The second-order valence-electron chi connectivity index (χ2n) is 6.26. The van der Waals surface area contributed by atoms with E-state index in [4.69, 9.17) is 0 Å². The van der Waals surface area contributed by atoms with E-state index in [1.165, 1.54) is 0 Å². The molecule has 0 aliphatic carbocycles. The predicted octanol–water partition coefficient (Wildman–Crippen LogP) is -0.341. The van der Waals surface area contributed by atoms with E-state index in [1.807, 2.05) is 12.1 Å². The first-order valence-corrected chi connectivity index (χ1v) is 7.67. The lowest BCUT2D eigenvalue weighted by molar-refractivity contribution is -0.136. The number of rotatable bonds is 3. The molecule has 0 bridgehead atoms. The molecule has 8 heteroatoms. The Morgan fingerprint density at radius 3 is 2.78 bits per heavy atom. The van der Waals surface area contributed by atoms with Crippen molar-refractivity contribution in [2.75, 3.05) is 0 Å². The number of carbonyl (C=O) groups excluding carboxylic acids is 2. The van der Waals surface area contributed by atoms with E-state index in [2.05, 4.69) is 29.5 Å². The van der Waals surface area contributed by atoms with Crippen LogP contribution in [0, 0.1) is 0 Å². The third-order valence-electron chi connectivity index (χ3n) is 3.90. The number of aromatic nitrogens is 3. The summed E-state index contributed by atoms with van der Waals surface area (Å²) in [5, 5.41) is 10.7. The van der Waals surface area contributed by atoms with Crippen LogP contribution < -0.4 is 16.3 Å². The molecule has 1 saturated heterocycles. The van der Waals surface area contributed by atoms with Gasteiger partial charge in [-0.15, -0.1) is 5.10 Å². The first-order valence-electron chi connectivity index (χ1n) is 7.67. The highest BCUT2D eigenvalue weighted by Gasteiger charge is 2.30. The highest BCUT2D eigenvalue weighted by molar-refractivity contribution is 6.55. The fourth-order valence-electron chi connectivity index (χ4n) is 2.82. The van der Waals surface area contributed by atoms with Crippen molar-refractivity contribution in [1.82, 2.24) is 20.3 Å². The maximum atomic E-state index is 12.6. The lowest BCUT2D eigenvalue weighted by Crippen LogP contribution is -2.45. The molecule has 0 saturated carbocycles. The van der Waals surface area contributed by atoms with Crippen molar-refractivity contribution >= 4 is 35.5 Å². The van der Waals surface area contributed by atoms with E-state index in [0.717, 1.165) is 17.4 Å². The Morgan fingerprint density at radius 2 is 2.09 bits per heavy atom. The van der Waals surface area contributed by atoms with Crippen molar-refractivity contribution in [2.45, 2.75) is 38.5 Å². The Kier molecular flexibility index (Phi) is 3.98. The number of carbonyl (C=O) groups is 2. The van der Waals surface area contributed by atoms with E-state index >= 15 is 0 Å². The quantitative estimate of drug-likeness (QED) is 0.618. The zero-order valence-electron chi connectivity index (χ0n) is 13.1. The molecule has 1 aromatic heterocycles. The summed E-state index contributed by atoms with van der Waals surface area (Å²) in [6, 6.07) is 4.71. The average Bonchev–Trinajstić information content (AvgIpc) is 2.48. The standard InChI is InChI=1S/C15H17BN4O3/c1-8(2)16-9-3-4-10-11(7-9)18-19-20(15(10)23)12-5-6-13(21)17-14(12)22/h3-4,7-8,12,16H,5-6H2,1-2H3,(H,17,21,22). The van der Waals surface area contributed by atoms with Crippen LogP contribution in [0.15, 0.2) is 23.0 Å². The first-order chi connectivity index (χ1) is 11.0. The molecular formula is C15H17BN4O3. The number of benzene rings is 1. The Hall–Kier alpha value is -2.51. The van der Waals surface area contributed by atoms with E-state index in [-0.39, 0.29) is 24.3 Å². The molecule has 23 heavy (non-hydrogen) atoms. The summed E-state index contributed by atoms with van der Waals surface area (Å²) in [6.45, 7) is 4.24. The van der Waals surface area contributed by atoms with Gasteiger partial charge in [-0.05, 0) is 18.6 Å². The normalized spacial score (nSPS) is 18.3. The summed E-state index contributed by atoms with van der Waals surface area (Å²) in [7, 11) is 0.897. The third kappa shape index (κ3) is 3.01. The SMILES string of the molecule is CC(C)Bc1ccc2c(=O)n(C3CCC(=O)NC3=O)nnc2c1. The van der Waals surface area contributed by atoms with Crippen LogP contribution >= 0.6 is 0 Å². The van der Waals surface area contributed by atoms with Gasteiger partial charge >= 0.3 is 0 Å². The van der Waals surface area contributed by atoms with Crippen molar-refractivity contribution in [3.05, 3.63) is 28.6 Å². The molecule has 1 unspecified atom stereocenters. The Morgan fingerprint density at radius 1 is 1.30 bits per heavy atom. The first kappa shape index (κ1) is 15.4. The summed E-state index contributed by atoms with van der Waals surface area (Å²) in [6.07, 6.45) is 0.450. The number of hydrogen-bond donors (Lipinski definition) is 1. The molecule has 2 aromatic rings. The molecule has 1 aliphatic heterocycles. The minimum atomic E-state index is -0.785. The van der Waals surface area contributed by atoms with Crippen molar-refractivity contribution in [2.24, 2.45) is 0 Å². The minimum absolute atomic E-state index is 0.190. The van der Waals surface area contributed by atoms with Crippen LogP contribution in [-0.2, 0) is 9.59 Å². The number of piperidine rings is 1. The van der Waals surface area contributed by atoms with Crippen molar-refractivity contribution in [3.8, 4) is 0 Å². The summed E-state index contributed by atoms with van der Waals surface area (Å²) in [4.78, 5) is 35.7. The number of fused-ring (bicyclic) bond motifs is 1. The fraction of sp³-hybridized carbons (Fsp3) is 0.400. The lowest BCUT2D eigenvalue weighted by atomic mass is 9.61. The molecule has 1 N–H and O–H groups in total. The molecule has 7 nitrogen and oxygen atoms in total. The van der Waals surface area contributed by atoms with Crippen LogP contribution in [0.25, 0.3) is 10.9 Å². The molecule has 0 radical (unpaired) electrons. The van der Waals surface area contributed by atoms with Crippen LogP contribution in [0.4, 0.5) is 0 Å². The van der Waals surface area contributed by atoms with Gasteiger partial charge in [0.15, 0.2) is 7.28 Å². The molecular weight excluding hydrogens is 295 g/mol. The molecule has 1 fully saturated rings. The fourth-order valence-corrected chi connectivity index (χ4v) is 2.82. The number of hydrogen-bond acceptors (Lipinski definition) is 5. The lowest BCUT2D eigenvalue weighted by Gasteiger charge is -2.21. The van der Waals surface area contributed by atoms with E-state index in [9.17, 15) is 14.4 Å². The second-order valence-corrected chi connectivity index (χ2v) is 6.26. The number of nitrogens with zero attached hydrogens (tertiary/aromatic N) is 3. The zero-order chi connectivity index (χ0) is 16.6. The van der Waals surface area contributed by atoms with Gasteiger partial charge in [0.2, 0.25) is 5.91 Å². The van der Waals surface area contributed by atoms with Gasteiger partial charge in [-0.3, -0.25) is 19.7 Å². The van der Waals surface area contributed by atoms with Crippen molar-refractivity contribution in [3.63, 3.8) is 0 Å². The number of amides is 2. The van der Waals surface area contributed by atoms with Crippen LogP contribution in [0.2, 0.25) is 5.82 Å². The summed E-state index contributed by atoms with van der Waals surface area (Å²) < 4.78 is 1.08. The molecule has 2 amide bonds. The minimum Gasteiger partial charge on any atom is -0.295 e. The van der Waals surface area contributed by atoms with Gasteiger partial charge in [-0.2, -0.15) is 4.68 Å². The highest BCUT2D eigenvalue weighted by Crippen LogP contribution is 2.16. The number of imide groups is 1. The van der Waals surface area contributed by atoms with Gasteiger partial charge in [0.05, 0.1) is 10.9 Å². The summed E-state index contributed by atoms with van der Waals surface area (Å²) in [5.41, 5.74) is 1.26. The van der Waals surface area contributed by atoms with Crippen LogP contribution in [0.5, 0.6) is 0 Å². The number of nitrogens with one attached hydrogen (secondary N) is 1. The van der Waals surface area contributed by atoms with Gasteiger partial charge in [-0.25, -0.2) is 0 Å². The third-order valence-corrected chi connectivity index (χ3v) is 3.90. The maximum absolute atomic E-state index is 12.6. The molecule has 118 valence electrons. The van der Waals surface area contributed by atoms with Crippen molar-refractivity contribution < 1.29 is 9.59 Å². The molecule has 1 aromatic carbocycles. The van der Waals surface area contributed by atoms with E-state index in [0.29, 0.717) is 16.7 Å². The van der Waals surface area contributed by atoms with Gasteiger partial charge in [0.1, 0.15) is 6.04 Å². The smallest absolute Gasteiger partial charge is 0.278 e. The monoisotopic (exact) mass is 312 g/mol. The van der Waals surface area contributed by atoms with E-state index < -0.39 is 11.9 Å². The van der Waals surface area contributed by atoms with Crippen molar-refractivity contribution in [1.29, 1.82) is 0 Å². The summed E-state index contributed by atoms with van der Waals surface area (Å²) >= 11 is 0. The molecule has 2 heterocycles. The predicted molar refractivity (Wildman–Crippen MR) is 87.1 cm³/mol. The molecule has 1 aliphatic rings. The van der Waals surface area contributed by atoms with Crippen LogP contribution in [0.3, 0.4) is 0 Å². The van der Waals surface area contributed by atoms with Crippen LogP contribution in [0.1, 0.15) is 32.7 Å². The Bertz CT molecular complexity index is 846. The molecule has 0 spiro atoms. The molecule has 3 rings (SSSR count). The Labute approximate surface area is 133 Å². The van der Waals surface area contributed by atoms with E-state index in [1.54, 1.807) is 6.07 Å². The average molecular weight is 312 g/mol.